The van der Waals surface area contributed by atoms with E-state index in [1.54, 1.807) is 0 Å². The molecule has 134 valence electrons. The summed E-state index contributed by atoms with van der Waals surface area (Å²) in [6.45, 7) is 3.98. The van der Waals surface area contributed by atoms with Crippen LogP contribution in [0.15, 0.2) is 24.3 Å². The van der Waals surface area contributed by atoms with Gasteiger partial charge in [-0.05, 0) is 74.7 Å². The number of halogens is 2. The average molecular weight is 371 g/mol. The number of nitrogens with zero attached hydrogens (tertiary/aromatic N) is 1. The van der Waals surface area contributed by atoms with E-state index < -0.39 is 0 Å². The Balaban J connectivity index is 0.00000208. The van der Waals surface area contributed by atoms with Crippen molar-refractivity contribution in [2.45, 2.75) is 38.5 Å². The Morgan fingerprint density at radius 1 is 1.17 bits per heavy atom. The summed E-state index contributed by atoms with van der Waals surface area (Å²) >= 11 is 5.94. The van der Waals surface area contributed by atoms with E-state index in [0.29, 0.717) is 18.2 Å². The maximum absolute atomic E-state index is 12.6. The molecule has 1 heterocycles. The van der Waals surface area contributed by atoms with Crippen molar-refractivity contribution in [2.75, 3.05) is 26.2 Å². The summed E-state index contributed by atoms with van der Waals surface area (Å²) in [5.41, 5.74) is 1.25. The lowest BCUT2D eigenvalue weighted by molar-refractivity contribution is -0.131. The predicted molar refractivity (Wildman–Crippen MR) is 102 cm³/mol. The second kappa shape index (κ2) is 9.65. The van der Waals surface area contributed by atoms with Gasteiger partial charge in [0.1, 0.15) is 0 Å². The van der Waals surface area contributed by atoms with Crippen molar-refractivity contribution >= 4 is 29.9 Å². The molecule has 1 saturated carbocycles. The monoisotopic (exact) mass is 370 g/mol. The third-order valence-electron chi connectivity index (χ3n) is 5.04. The Hall–Kier alpha value is -0.770. The zero-order valence-corrected chi connectivity index (χ0v) is 15.7. The molecule has 2 aliphatic rings. The summed E-state index contributed by atoms with van der Waals surface area (Å²) in [6, 6.07) is 7.98. The summed E-state index contributed by atoms with van der Waals surface area (Å²) in [5.74, 6) is 1.79. The predicted octanol–water partition coefficient (Wildman–Crippen LogP) is 3.93. The summed E-state index contributed by atoms with van der Waals surface area (Å²) in [7, 11) is 0. The Morgan fingerprint density at radius 2 is 1.92 bits per heavy atom. The highest BCUT2D eigenvalue weighted by molar-refractivity contribution is 6.30. The quantitative estimate of drug-likeness (QED) is 0.751. The minimum atomic E-state index is 0. The second-order valence-electron chi connectivity index (χ2n) is 7.06. The lowest BCUT2D eigenvalue weighted by Crippen LogP contribution is -2.35. The fraction of sp³-hybridized carbons (Fsp3) is 0.632. The van der Waals surface area contributed by atoms with Gasteiger partial charge in [0, 0.05) is 24.5 Å². The van der Waals surface area contributed by atoms with Gasteiger partial charge >= 0.3 is 0 Å². The molecule has 1 N–H and O–H groups in total. The van der Waals surface area contributed by atoms with Crippen molar-refractivity contribution in [3.05, 3.63) is 34.9 Å². The Kier molecular flexibility index (Phi) is 7.86. The maximum Gasteiger partial charge on any atom is 0.222 e. The van der Waals surface area contributed by atoms with Crippen molar-refractivity contribution in [3.8, 4) is 0 Å². The molecule has 0 radical (unpaired) electrons. The lowest BCUT2D eigenvalue weighted by atomic mass is 10.0. The third-order valence-corrected chi connectivity index (χ3v) is 5.29. The van der Waals surface area contributed by atoms with Crippen molar-refractivity contribution in [3.63, 3.8) is 0 Å². The molecular weight excluding hydrogens is 343 g/mol. The number of rotatable bonds is 8. The smallest absolute Gasteiger partial charge is 0.222 e. The second-order valence-corrected chi connectivity index (χ2v) is 7.49. The van der Waals surface area contributed by atoms with Crippen LogP contribution in [0.25, 0.3) is 0 Å². The molecule has 0 spiro atoms. The van der Waals surface area contributed by atoms with Crippen LogP contribution in [-0.2, 0) is 11.2 Å². The molecule has 1 aliphatic heterocycles. The van der Waals surface area contributed by atoms with E-state index >= 15 is 0 Å². The van der Waals surface area contributed by atoms with Crippen LogP contribution in [0, 0.1) is 11.8 Å². The third kappa shape index (κ3) is 6.27. The van der Waals surface area contributed by atoms with Crippen LogP contribution in [0.1, 0.15) is 37.7 Å². The first-order valence-corrected chi connectivity index (χ1v) is 9.31. The first-order chi connectivity index (χ1) is 11.2. The van der Waals surface area contributed by atoms with Crippen LogP contribution in [0.2, 0.25) is 5.02 Å². The zero-order valence-electron chi connectivity index (χ0n) is 14.2. The van der Waals surface area contributed by atoms with Gasteiger partial charge in [0.2, 0.25) is 5.91 Å². The molecule has 0 bridgehead atoms. The summed E-state index contributed by atoms with van der Waals surface area (Å²) < 4.78 is 0. The van der Waals surface area contributed by atoms with Crippen LogP contribution in [0.3, 0.4) is 0 Å². The number of carbonyl (C=O) groups is 1. The molecule has 5 heteroatoms. The zero-order chi connectivity index (χ0) is 16.1. The standard InChI is InChI=1S/C19H27ClN2O.ClH/c20-18-6-3-15(4-7-18)10-12-22(14-17-1-2-17)19(23)8-5-16-9-11-21-13-16;/h3-4,6-7,16-17,21H,1-2,5,8-14H2;1H. The van der Waals surface area contributed by atoms with Gasteiger partial charge in [0.25, 0.3) is 0 Å². The molecule has 1 amide bonds. The molecule has 1 atom stereocenters. The number of hydrogen-bond donors (Lipinski definition) is 1. The van der Waals surface area contributed by atoms with E-state index in [1.807, 2.05) is 12.1 Å². The highest BCUT2D eigenvalue weighted by atomic mass is 35.5. The average Bonchev–Trinajstić information content (AvgIpc) is 3.22. The Labute approximate surface area is 156 Å². The molecule has 0 aromatic heterocycles. The topological polar surface area (TPSA) is 32.3 Å². The fourth-order valence-corrected chi connectivity index (χ4v) is 3.42. The minimum Gasteiger partial charge on any atom is -0.342 e. The van der Waals surface area contributed by atoms with Crippen LogP contribution in [-0.4, -0.2) is 37.0 Å². The minimum absolute atomic E-state index is 0. The van der Waals surface area contributed by atoms with Gasteiger partial charge in [0.15, 0.2) is 0 Å². The van der Waals surface area contributed by atoms with Crippen LogP contribution in [0.5, 0.6) is 0 Å². The van der Waals surface area contributed by atoms with E-state index in [9.17, 15) is 4.79 Å². The molecule has 1 aliphatic carbocycles. The molecule has 1 unspecified atom stereocenters. The van der Waals surface area contributed by atoms with Gasteiger partial charge in [-0.25, -0.2) is 0 Å². The van der Waals surface area contributed by atoms with E-state index in [-0.39, 0.29) is 12.4 Å². The number of amides is 1. The number of nitrogens with one attached hydrogen (secondary N) is 1. The summed E-state index contributed by atoms with van der Waals surface area (Å²) in [4.78, 5) is 14.7. The fourth-order valence-electron chi connectivity index (χ4n) is 3.29. The molecule has 24 heavy (non-hydrogen) atoms. The molecule has 1 aromatic carbocycles. The maximum atomic E-state index is 12.6. The van der Waals surface area contributed by atoms with E-state index in [1.165, 1.54) is 24.8 Å². The molecule has 2 fully saturated rings. The number of carbonyl (C=O) groups excluding carboxylic acids is 1. The molecular formula is C19H28Cl2N2O. The SMILES string of the molecule is Cl.O=C(CCC1CCNC1)N(CCc1ccc(Cl)cc1)CC1CC1. The van der Waals surface area contributed by atoms with Crippen LogP contribution >= 0.6 is 24.0 Å². The van der Waals surface area contributed by atoms with E-state index in [4.69, 9.17) is 11.6 Å². The summed E-state index contributed by atoms with van der Waals surface area (Å²) in [6.07, 6.45) is 6.46. The summed E-state index contributed by atoms with van der Waals surface area (Å²) in [5, 5.41) is 4.15. The highest BCUT2D eigenvalue weighted by Gasteiger charge is 2.27. The van der Waals surface area contributed by atoms with Gasteiger partial charge < -0.3 is 10.2 Å². The number of benzene rings is 1. The largest absolute Gasteiger partial charge is 0.342 e. The van der Waals surface area contributed by atoms with Gasteiger partial charge in [-0.2, -0.15) is 0 Å². The van der Waals surface area contributed by atoms with E-state index in [2.05, 4.69) is 22.3 Å². The Bertz CT molecular complexity index is 511. The van der Waals surface area contributed by atoms with Crippen LogP contribution < -0.4 is 5.32 Å². The molecule has 1 saturated heterocycles. The Morgan fingerprint density at radius 3 is 2.54 bits per heavy atom. The van der Waals surface area contributed by atoms with Crippen molar-refractivity contribution in [1.29, 1.82) is 0 Å². The van der Waals surface area contributed by atoms with Crippen LogP contribution in [0.4, 0.5) is 0 Å². The van der Waals surface area contributed by atoms with Gasteiger partial charge in [-0.15, -0.1) is 12.4 Å². The first-order valence-electron chi connectivity index (χ1n) is 8.93. The van der Waals surface area contributed by atoms with E-state index in [0.717, 1.165) is 50.0 Å². The molecule has 3 nitrogen and oxygen atoms in total. The molecule has 1 aromatic rings. The molecule has 3 rings (SSSR count). The van der Waals surface area contributed by atoms with Gasteiger partial charge in [0.05, 0.1) is 0 Å². The highest BCUT2D eigenvalue weighted by Crippen LogP contribution is 2.30. The van der Waals surface area contributed by atoms with Gasteiger partial charge in [-0.1, -0.05) is 23.7 Å². The normalized spacial score (nSPS) is 19.8. The van der Waals surface area contributed by atoms with Crippen molar-refractivity contribution < 1.29 is 4.79 Å². The lowest BCUT2D eigenvalue weighted by Gasteiger charge is -2.23. The first kappa shape index (κ1) is 19.6. The van der Waals surface area contributed by atoms with Crippen molar-refractivity contribution in [2.24, 2.45) is 11.8 Å². The number of hydrogen-bond acceptors (Lipinski definition) is 2. The van der Waals surface area contributed by atoms with Crippen molar-refractivity contribution in [1.82, 2.24) is 10.2 Å². The van der Waals surface area contributed by atoms with Gasteiger partial charge in [-0.3, -0.25) is 4.79 Å².